The predicted molar refractivity (Wildman–Crippen MR) is 116 cm³/mol. The first-order valence-corrected chi connectivity index (χ1v) is 10.1. The van der Waals surface area contributed by atoms with E-state index in [1.807, 2.05) is 42.5 Å². The molecular formula is C22H25ClN4O2. The van der Waals surface area contributed by atoms with Crippen LogP contribution in [-0.2, 0) is 9.59 Å². The van der Waals surface area contributed by atoms with E-state index in [1.165, 1.54) is 5.01 Å². The van der Waals surface area contributed by atoms with Crippen LogP contribution in [0.1, 0.15) is 25.3 Å². The normalized spacial score (nSPS) is 13.8. The second-order valence-corrected chi connectivity index (χ2v) is 7.21. The van der Waals surface area contributed by atoms with Crippen LogP contribution >= 0.6 is 11.6 Å². The summed E-state index contributed by atoms with van der Waals surface area (Å²) in [6.07, 6.45) is 0.896. The van der Waals surface area contributed by atoms with Gasteiger partial charge < -0.3 is 10.2 Å². The van der Waals surface area contributed by atoms with Gasteiger partial charge in [0.1, 0.15) is 6.54 Å². The Labute approximate surface area is 176 Å². The fourth-order valence-corrected chi connectivity index (χ4v) is 3.33. The molecule has 6 nitrogen and oxygen atoms in total. The van der Waals surface area contributed by atoms with Crippen molar-refractivity contribution in [3.63, 3.8) is 0 Å². The quantitative estimate of drug-likeness (QED) is 0.723. The van der Waals surface area contributed by atoms with Crippen LogP contribution in [-0.4, -0.2) is 48.7 Å². The van der Waals surface area contributed by atoms with Crippen molar-refractivity contribution in [2.24, 2.45) is 5.10 Å². The summed E-state index contributed by atoms with van der Waals surface area (Å²) in [6, 6.07) is 17.4. The number of amides is 2. The van der Waals surface area contributed by atoms with E-state index >= 15 is 0 Å². The summed E-state index contributed by atoms with van der Waals surface area (Å²) in [7, 11) is 0. The zero-order chi connectivity index (χ0) is 20.6. The fourth-order valence-electron chi connectivity index (χ4n) is 3.20. The number of nitrogens with zero attached hydrogens (tertiary/aromatic N) is 3. The summed E-state index contributed by atoms with van der Waals surface area (Å²) in [6.45, 7) is 4.04. The largest absolute Gasteiger partial charge is 0.370 e. The summed E-state index contributed by atoms with van der Waals surface area (Å²) in [4.78, 5) is 26.7. The minimum atomic E-state index is -0.219. The molecule has 0 bridgehead atoms. The number of hydrazone groups is 1. The summed E-state index contributed by atoms with van der Waals surface area (Å²) < 4.78 is 0. The Balaban J connectivity index is 1.54. The third-order valence-corrected chi connectivity index (χ3v) is 5.03. The number of para-hydroxylation sites is 1. The van der Waals surface area contributed by atoms with E-state index in [9.17, 15) is 9.59 Å². The van der Waals surface area contributed by atoms with Crippen molar-refractivity contribution in [1.82, 2.24) is 10.3 Å². The van der Waals surface area contributed by atoms with Gasteiger partial charge in [0.05, 0.1) is 5.71 Å². The van der Waals surface area contributed by atoms with E-state index in [4.69, 9.17) is 11.6 Å². The predicted octanol–water partition coefficient (Wildman–Crippen LogP) is 3.31. The van der Waals surface area contributed by atoms with E-state index in [0.717, 1.165) is 23.5 Å². The molecule has 29 heavy (non-hydrogen) atoms. The average Bonchev–Trinajstić information content (AvgIpc) is 2.74. The molecule has 2 amide bonds. The Morgan fingerprint density at radius 3 is 2.55 bits per heavy atom. The highest BCUT2D eigenvalue weighted by molar-refractivity contribution is 6.30. The van der Waals surface area contributed by atoms with Crippen LogP contribution in [0.25, 0.3) is 0 Å². The third-order valence-electron chi connectivity index (χ3n) is 4.78. The molecule has 0 radical (unpaired) electrons. The Hall–Kier alpha value is -2.86. The fraction of sp³-hybridized carbons (Fsp3) is 0.318. The molecule has 0 aromatic heterocycles. The number of benzene rings is 2. The number of hydrogen-bond donors (Lipinski definition) is 1. The molecule has 2 aromatic carbocycles. The number of hydrogen-bond acceptors (Lipinski definition) is 4. The van der Waals surface area contributed by atoms with E-state index in [2.05, 4.69) is 22.2 Å². The van der Waals surface area contributed by atoms with Crippen molar-refractivity contribution in [1.29, 1.82) is 0 Å². The molecule has 0 unspecified atom stereocenters. The lowest BCUT2D eigenvalue weighted by molar-refractivity contribution is -0.136. The van der Waals surface area contributed by atoms with Crippen LogP contribution in [0, 0.1) is 0 Å². The molecule has 7 heteroatoms. The van der Waals surface area contributed by atoms with Crippen molar-refractivity contribution in [3.05, 3.63) is 65.2 Å². The van der Waals surface area contributed by atoms with Gasteiger partial charge in [0.25, 0.3) is 0 Å². The highest BCUT2D eigenvalue weighted by Gasteiger charge is 2.23. The smallest absolute Gasteiger partial charge is 0.243 e. The van der Waals surface area contributed by atoms with Gasteiger partial charge >= 0.3 is 0 Å². The molecule has 3 rings (SSSR count). The molecule has 0 atom stereocenters. The maximum atomic E-state index is 12.3. The van der Waals surface area contributed by atoms with Gasteiger partial charge in [0.2, 0.25) is 11.8 Å². The maximum Gasteiger partial charge on any atom is 0.243 e. The SMILES string of the molecule is CCN(CCNC(=O)CN1N=C(c2ccc(Cl)cc2)CCC1=O)c1ccccc1. The first-order valence-electron chi connectivity index (χ1n) is 9.77. The lowest BCUT2D eigenvalue weighted by Crippen LogP contribution is -2.42. The Bertz CT molecular complexity index is 868. The molecular weight excluding hydrogens is 388 g/mol. The van der Waals surface area contributed by atoms with E-state index in [0.29, 0.717) is 31.0 Å². The summed E-state index contributed by atoms with van der Waals surface area (Å²) in [5, 5.41) is 9.19. The topological polar surface area (TPSA) is 65.0 Å². The van der Waals surface area contributed by atoms with Crippen LogP contribution in [0.3, 0.4) is 0 Å². The van der Waals surface area contributed by atoms with Gasteiger partial charge in [-0.05, 0) is 36.8 Å². The highest BCUT2D eigenvalue weighted by atomic mass is 35.5. The van der Waals surface area contributed by atoms with Gasteiger partial charge in [0, 0.05) is 43.2 Å². The molecule has 2 aromatic rings. The Kier molecular flexibility index (Phi) is 7.25. The highest BCUT2D eigenvalue weighted by Crippen LogP contribution is 2.17. The number of nitrogens with one attached hydrogen (secondary N) is 1. The van der Waals surface area contributed by atoms with Crippen molar-refractivity contribution < 1.29 is 9.59 Å². The molecule has 0 saturated heterocycles. The lowest BCUT2D eigenvalue weighted by Gasteiger charge is -2.25. The third kappa shape index (κ3) is 5.81. The Morgan fingerprint density at radius 1 is 1.14 bits per heavy atom. The summed E-state index contributed by atoms with van der Waals surface area (Å²) in [5.41, 5.74) is 2.82. The van der Waals surface area contributed by atoms with Crippen LogP contribution < -0.4 is 10.2 Å². The molecule has 1 aliphatic heterocycles. The van der Waals surface area contributed by atoms with E-state index in [-0.39, 0.29) is 18.4 Å². The lowest BCUT2D eigenvalue weighted by atomic mass is 10.0. The number of rotatable bonds is 8. The first-order chi connectivity index (χ1) is 14.1. The number of likely N-dealkylation sites (N-methyl/N-ethyl adjacent to an activating group) is 1. The monoisotopic (exact) mass is 412 g/mol. The van der Waals surface area contributed by atoms with Crippen LogP contribution in [0.5, 0.6) is 0 Å². The van der Waals surface area contributed by atoms with E-state index in [1.54, 1.807) is 12.1 Å². The van der Waals surface area contributed by atoms with E-state index < -0.39 is 0 Å². The van der Waals surface area contributed by atoms with Gasteiger partial charge in [-0.15, -0.1) is 0 Å². The van der Waals surface area contributed by atoms with Crippen molar-refractivity contribution in [2.75, 3.05) is 31.1 Å². The molecule has 1 N–H and O–H groups in total. The molecule has 0 aliphatic carbocycles. The second-order valence-electron chi connectivity index (χ2n) is 6.77. The van der Waals surface area contributed by atoms with Gasteiger partial charge in [-0.3, -0.25) is 9.59 Å². The van der Waals surface area contributed by atoms with Crippen LogP contribution in [0.2, 0.25) is 5.02 Å². The van der Waals surface area contributed by atoms with Gasteiger partial charge in [-0.1, -0.05) is 41.9 Å². The number of anilines is 1. The van der Waals surface area contributed by atoms with Crippen molar-refractivity contribution >= 4 is 34.8 Å². The minimum Gasteiger partial charge on any atom is -0.370 e. The molecule has 152 valence electrons. The van der Waals surface area contributed by atoms with Gasteiger partial charge in [-0.25, -0.2) is 5.01 Å². The van der Waals surface area contributed by atoms with Gasteiger partial charge in [0.15, 0.2) is 0 Å². The summed E-state index contributed by atoms with van der Waals surface area (Å²) in [5.74, 6) is -0.360. The number of carbonyl (C=O) groups excluding carboxylic acids is 2. The molecule has 0 spiro atoms. The molecule has 0 saturated carbocycles. The molecule has 1 aliphatic rings. The van der Waals surface area contributed by atoms with Crippen LogP contribution in [0.15, 0.2) is 59.7 Å². The van der Waals surface area contributed by atoms with Gasteiger partial charge in [-0.2, -0.15) is 5.10 Å². The average molecular weight is 413 g/mol. The minimum absolute atomic E-state index is 0.0760. The first kappa shape index (κ1) is 20.9. The Morgan fingerprint density at radius 2 is 1.86 bits per heavy atom. The molecule has 0 fully saturated rings. The van der Waals surface area contributed by atoms with Crippen LogP contribution in [0.4, 0.5) is 5.69 Å². The summed E-state index contributed by atoms with van der Waals surface area (Å²) >= 11 is 5.93. The second kappa shape index (κ2) is 10.1. The zero-order valence-corrected chi connectivity index (χ0v) is 17.2. The number of carbonyl (C=O) groups is 2. The molecule has 1 heterocycles. The zero-order valence-electron chi connectivity index (χ0n) is 16.5. The standard InChI is InChI=1S/C22H25ClN4O2/c1-2-26(19-6-4-3-5-7-19)15-14-24-21(28)16-27-22(29)13-12-20(25-27)17-8-10-18(23)11-9-17/h3-11H,2,12-16H2,1H3,(H,24,28). The number of halogens is 1. The maximum absolute atomic E-state index is 12.3. The van der Waals surface area contributed by atoms with Crippen molar-refractivity contribution in [3.8, 4) is 0 Å². The van der Waals surface area contributed by atoms with Crippen molar-refractivity contribution in [2.45, 2.75) is 19.8 Å².